The molecule has 0 spiro atoms. The Hall–Kier alpha value is -2.68. The number of aliphatic hydroxyl groups excluding tert-OH is 1. The third kappa shape index (κ3) is 3.02. The summed E-state index contributed by atoms with van der Waals surface area (Å²) >= 11 is 0. The number of aliphatic hydroxyl groups is 1. The molecular formula is C21H20O3. The molecule has 0 heterocycles. The molecule has 1 unspecified atom stereocenters. The summed E-state index contributed by atoms with van der Waals surface area (Å²) in [7, 11) is 0. The molecule has 1 aliphatic carbocycles. The molecule has 1 atom stereocenters. The van der Waals surface area contributed by atoms with Crippen molar-refractivity contribution in [2.75, 3.05) is 0 Å². The molecular weight excluding hydrogens is 300 g/mol. The van der Waals surface area contributed by atoms with Gasteiger partial charge in [0.15, 0.2) is 11.6 Å². The van der Waals surface area contributed by atoms with Crippen molar-refractivity contribution in [3.8, 4) is 0 Å². The van der Waals surface area contributed by atoms with Crippen LogP contribution < -0.4 is 0 Å². The molecule has 1 aliphatic rings. The van der Waals surface area contributed by atoms with Gasteiger partial charge in [-0.3, -0.25) is 9.59 Å². The molecule has 3 rings (SSSR count). The monoisotopic (exact) mass is 320 g/mol. The van der Waals surface area contributed by atoms with Gasteiger partial charge in [-0.1, -0.05) is 54.1 Å². The van der Waals surface area contributed by atoms with Crippen LogP contribution in [0, 0.1) is 13.8 Å². The second-order valence-corrected chi connectivity index (χ2v) is 6.41. The Bertz CT molecular complexity index is 831. The molecule has 0 radical (unpaired) electrons. The van der Waals surface area contributed by atoms with Gasteiger partial charge in [-0.15, -0.1) is 0 Å². The quantitative estimate of drug-likeness (QED) is 0.671. The third-order valence-electron chi connectivity index (χ3n) is 4.58. The van der Waals surface area contributed by atoms with E-state index in [9.17, 15) is 14.7 Å². The maximum Gasteiger partial charge on any atom is 0.199 e. The van der Waals surface area contributed by atoms with E-state index in [1.54, 1.807) is 24.3 Å². The summed E-state index contributed by atoms with van der Waals surface area (Å²) in [6.45, 7) is 4.01. The number of Topliss-reactive ketones (excluding diaryl/α,β-unsaturated/α-hetero) is 2. The molecule has 122 valence electrons. The van der Waals surface area contributed by atoms with Crippen molar-refractivity contribution in [3.05, 3.63) is 82.1 Å². The summed E-state index contributed by atoms with van der Waals surface area (Å²) < 4.78 is 0. The minimum absolute atomic E-state index is 0.0530. The van der Waals surface area contributed by atoms with E-state index in [1.165, 1.54) is 0 Å². The number of hydrogen-bond donors (Lipinski definition) is 1. The Kier molecular flexibility index (Phi) is 4.34. The largest absolute Gasteiger partial charge is 0.511 e. The van der Waals surface area contributed by atoms with Crippen molar-refractivity contribution in [1.29, 1.82) is 0 Å². The van der Waals surface area contributed by atoms with E-state index in [0.29, 0.717) is 12.0 Å². The van der Waals surface area contributed by atoms with E-state index in [2.05, 4.69) is 6.07 Å². The molecule has 24 heavy (non-hydrogen) atoms. The van der Waals surface area contributed by atoms with Crippen molar-refractivity contribution in [1.82, 2.24) is 0 Å². The molecule has 3 nitrogen and oxygen atoms in total. The van der Waals surface area contributed by atoms with Crippen LogP contribution in [-0.2, 0) is 4.79 Å². The van der Waals surface area contributed by atoms with Crippen LogP contribution in [0.5, 0.6) is 0 Å². The van der Waals surface area contributed by atoms with E-state index in [1.807, 2.05) is 32.0 Å². The SMILES string of the molecule is Cc1ccc(C)c(C2CC(=O)C(C(=O)c3ccccc3)=C(O)C2)c1. The smallest absolute Gasteiger partial charge is 0.199 e. The van der Waals surface area contributed by atoms with Gasteiger partial charge in [0.05, 0.1) is 0 Å². The van der Waals surface area contributed by atoms with Crippen molar-refractivity contribution in [2.45, 2.75) is 32.6 Å². The maximum absolute atomic E-state index is 12.6. The molecule has 0 fully saturated rings. The molecule has 0 saturated heterocycles. The van der Waals surface area contributed by atoms with Crippen LogP contribution in [0.25, 0.3) is 0 Å². The third-order valence-corrected chi connectivity index (χ3v) is 4.58. The predicted octanol–water partition coefficient (Wildman–Crippen LogP) is 4.44. The lowest BCUT2D eigenvalue weighted by Gasteiger charge is -2.25. The van der Waals surface area contributed by atoms with Crippen molar-refractivity contribution in [2.24, 2.45) is 0 Å². The minimum atomic E-state index is -0.391. The van der Waals surface area contributed by atoms with E-state index in [4.69, 9.17) is 0 Å². The Labute approximate surface area is 141 Å². The molecule has 1 N–H and O–H groups in total. The number of aryl methyl sites for hydroxylation is 2. The van der Waals surface area contributed by atoms with Crippen LogP contribution in [0.15, 0.2) is 59.9 Å². The molecule has 2 aromatic rings. The molecule has 0 saturated carbocycles. The number of benzene rings is 2. The van der Waals surface area contributed by atoms with E-state index in [-0.39, 0.29) is 29.5 Å². The summed E-state index contributed by atoms with van der Waals surface area (Å²) in [5.41, 5.74) is 3.67. The second-order valence-electron chi connectivity index (χ2n) is 6.41. The Morgan fingerprint density at radius 3 is 2.42 bits per heavy atom. The summed E-state index contributed by atoms with van der Waals surface area (Å²) in [6, 6.07) is 14.7. The summed E-state index contributed by atoms with van der Waals surface area (Å²) in [5, 5.41) is 10.4. The lowest BCUT2D eigenvalue weighted by Crippen LogP contribution is -2.24. The topological polar surface area (TPSA) is 54.4 Å². The zero-order valence-corrected chi connectivity index (χ0v) is 13.9. The number of rotatable bonds is 3. The van der Waals surface area contributed by atoms with Crippen LogP contribution >= 0.6 is 0 Å². The standard InChI is InChI=1S/C21H20O3/c1-13-8-9-14(2)17(10-13)16-11-18(22)20(19(23)12-16)21(24)15-6-4-3-5-7-15/h3-10,16,22H,11-12H2,1-2H3. The second kappa shape index (κ2) is 6.44. The summed E-state index contributed by atoms with van der Waals surface area (Å²) in [5.74, 6) is -0.841. The van der Waals surface area contributed by atoms with Crippen LogP contribution in [0.2, 0.25) is 0 Å². The molecule has 0 amide bonds. The number of ketones is 2. The van der Waals surface area contributed by atoms with Crippen molar-refractivity contribution < 1.29 is 14.7 Å². The van der Waals surface area contributed by atoms with Crippen molar-refractivity contribution >= 4 is 11.6 Å². The van der Waals surface area contributed by atoms with Gasteiger partial charge >= 0.3 is 0 Å². The first-order valence-corrected chi connectivity index (χ1v) is 8.09. The molecule has 2 aromatic carbocycles. The van der Waals surface area contributed by atoms with E-state index >= 15 is 0 Å². The first kappa shape index (κ1) is 16.2. The highest BCUT2D eigenvalue weighted by molar-refractivity contribution is 6.27. The van der Waals surface area contributed by atoms with Gasteiger partial charge < -0.3 is 5.11 Å². The summed E-state index contributed by atoms with van der Waals surface area (Å²) in [6.07, 6.45) is 0.576. The maximum atomic E-state index is 12.6. The minimum Gasteiger partial charge on any atom is -0.511 e. The Balaban J connectivity index is 1.94. The zero-order chi connectivity index (χ0) is 17.3. The fourth-order valence-electron chi connectivity index (χ4n) is 3.31. The van der Waals surface area contributed by atoms with Gasteiger partial charge in [-0.05, 0) is 30.9 Å². The zero-order valence-electron chi connectivity index (χ0n) is 13.9. The fourth-order valence-corrected chi connectivity index (χ4v) is 3.31. The fraction of sp³-hybridized carbons (Fsp3) is 0.238. The van der Waals surface area contributed by atoms with E-state index < -0.39 is 5.78 Å². The first-order valence-electron chi connectivity index (χ1n) is 8.09. The van der Waals surface area contributed by atoms with Gasteiger partial charge in [-0.2, -0.15) is 0 Å². The molecule has 0 bridgehead atoms. The lowest BCUT2D eigenvalue weighted by atomic mass is 9.79. The average molecular weight is 320 g/mol. The predicted molar refractivity (Wildman–Crippen MR) is 93.3 cm³/mol. The molecule has 0 aliphatic heterocycles. The normalized spacial score (nSPS) is 17.9. The Morgan fingerprint density at radius 2 is 1.75 bits per heavy atom. The average Bonchev–Trinajstić information content (AvgIpc) is 2.57. The number of carbonyl (C=O) groups excluding carboxylic acids is 2. The summed E-state index contributed by atoms with van der Waals surface area (Å²) in [4.78, 5) is 25.1. The molecule has 3 heteroatoms. The van der Waals surface area contributed by atoms with Crippen LogP contribution in [-0.4, -0.2) is 16.7 Å². The lowest BCUT2D eigenvalue weighted by molar-refractivity contribution is -0.116. The highest BCUT2D eigenvalue weighted by Crippen LogP contribution is 2.36. The van der Waals surface area contributed by atoms with Crippen molar-refractivity contribution in [3.63, 3.8) is 0 Å². The first-order chi connectivity index (χ1) is 11.5. The van der Waals surface area contributed by atoms with Gasteiger partial charge in [0.25, 0.3) is 0 Å². The van der Waals surface area contributed by atoms with E-state index in [0.717, 1.165) is 16.7 Å². The number of allylic oxidation sites excluding steroid dienone is 2. The highest BCUT2D eigenvalue weighted by atomic mass is 16.3. The Morgan fingerprint density at radius 1 is 1.04 bits per heavy atom. The van der Waals surface area contributed by atoms with Crippen LogP contribution in [0.1, 0.15) is 45.8 Å². The molecule has 0 aromatic heterocycles. The van der Waals surface area contributed by atoms with Gasteiger partial charge in [0, 0.05) is 18.4 Å². The van der Waals surface area contributed by atoms with Crippen LogP contribution in [0.4, 0.5) is 0 Å². The number of carbonyl (C=O) groups is 2. The van der Waals surface area contributed by atoms with Gasteiger partial charge in [0.1, 0.15) is 11.3 Å². The van der Waals surface area contributed by atoms with Gasteiger partial charge in [-0.25, -0.2) is 0 Å². The number of hydrogen-bond acceptors (Lipinski definition) is 3. The van der Waals surface area contributed by atoms with Gasteiger partial charge in [0.2, 0.25) is 0 Å². The highest BCUT2D eigenvalue weighted by Gasteiger charge is 2.33. The van der Waals surface area contributed by atoms with Crippen LogP contribution in [0.3, 0.4) is 0 Å².